The standard InChI is InChI=1S/C19H18F3N5O/c20-19(21,22)18(24)11(7-23)17-10-4-2-1-3-9(10)15-12(25-17)5-6-13-16(15)14(8-28)27-26-13/h5-7,23,28H,1-4,8,24H2,(H,26,27). The Balaban J connectivity index is 2.13. The second kappa shape index (κ2) is 6.59. The fourth-order valence-corrected chi connectivity index (χ4v) is 3.96. The summed E-state index contributed by atoms with van der Waals surface area (Å²) in [5.41, 5.74) is 7.00. The van der Waals surface area contributed by atoms with Gasteiger partial charge in [-0.2, -0.15) is 18.3 Å². The van der Waals surface area contributed by atoms with Gasteiger partial charge in [0.25, 0.3) is 0 Å². The lowest BCUT2D eigenvalue weighted by Crippen LogP contribution is -2.23. The number of H-pyrrole nitrogens is 1. The molecule has 0 saturated carbocycles. The molecule has 146 valence electrons. The number of benzene rings is 1. The topological polar surface area (TPSA) is 112 Å². The van der Waals surface area contributed by atoms with Crippen LogP contribution in [0.4, 0.5) is 13.2 Å². The molecule has 0 fully saturated rings. The van der Waals surface area contributed by atoms with E-state index in [1.165, 1.54) is 0 Å². The molecule has 1 aliphatic rings. The summed E-state index contributed by atoms with van der Waals surface area (Å²) in [5, 5.41) is 25.7. The molecule has 6 nitrogen and oxygen atoms in total. The molecular weight excluding hydrogens is 371 g/mol. The van der Waals surface area contributed by atoms with Gasteiger partial charge in [0.15, 0.2) is 0 Å². The first kappa shape index (κ1) is 18.4. The maximum absolute atomic E-state index is 13.2. The van der Waals surface area contributed by atoms with Gasteiger partial charge in [-0.25, -0.2) is 4.98 Å². The predicted octanol–water partition coefficient (Wildman–Crippen LogP) is 3.36. The van der Waals surface area contributed by atoms with Crippen LogP contribution in [0.15, 0.2) is 17.8 Å². The van der Waals surface area contributed by atoms with Crippen molar-refractivity contribution < 1.29 is 18.3 Å². The number of aromatic nitrogens is 3. The molecule has 0 amide bonds. The third-order valence-corrected chi connectivity index (χ3v) is 5.22. The zero-order valence-electron chi connectivity index (χ0n) is 14.8. The number of hydrogen-bond donors (Lipinski definition) is 4. The summed E-state index contributed by atoms with van der Waals surface area (Å²) >= 11 is 0. The molecule has 0 aliphatic heterocycles. The fourth-order valence-electron chi connectivity index (χ4n) is 3.96. The van der Waals surface area contributed by atoms with E-state index in [1.54, 1.807) is 12.1 Å². The van der Waals surface area contributed by atoms with Gasteiger partial charge in [0, 0.05) is 22.6 Å². The van der Waals surface area contributed by atoms with Crippen LogP contribution in [0.1, 0.15) is 35.4 Å². The van der Waals surface area contributed by atoms with E-state index in [0.29, 0.717) is 41.3 Å². The number of aryl methyl sites for hydroxylation is 1. The number of allylic oxidation sites excluding steroid dienone is 2. The molecular formula is C19H18F3N5O. The van der Waals surface area contributed by atoms with Crippen molar-refractivity contribution in [2.75, 3.05) is 0 Å². The zero-order chi connectivity index (χ0) is 20.1. The highest BCUT2D eigenvalue weighted by Crippen LogP contribution is 2.38. The first-order valence-electron chi connectivity index (χ1n) is 8.86. The van der Waals surface area contributed by atoms with Crippen LogP contribution in [0.3, 0.4) is 0 Å². The van der Waals surface area contributed by atoms with Crippen molar-refractivity contribution in [3.8, 4) is 0 Å². The van der Waals surface area contributed by atoms with Gasteiger partial charge in [-0.05, 0) is 48.9 Å². The molecule has 0 spiro atoms. The quantitative estimate of drug-likeness (QED) is 0.515. The molecule has 3 aromatic rings. The normalized spacial score (nSPS) is 15.6. The van der Waals surface area contributed by atoms with Gasteiger partial charge in [0.2, 0.25) is 0 Å². The Kier molecular flexibility index (Phi) is 4.34. The molecule has 2 heterocycles. The lowest BCUT2D eigenvalue weighted by molar-refractivity contribution is -0.0919. The Labute approximate surface area is 157 Å². The Bertz CT molecular complexity index is 1130. The van der Waals surface area contributed by atoms with Crippen LogP contribution in [0, 0.1) is 5.41 Å². The molecule has 0 unspecified atom stereocenters. The molecule has 5 N–H and O–H groups in total. The zero-order valence-corrected chi connectivity index (χ0v) is 14.8. The van der Waals surface area contributed by atoms with E-state index in [9.17, 15) is 18.3 Å². The summed E-state index contributed by atoms with van der Waals surface area (Å²) in [6, 6.07) is 3.41. The molecule has 4 rings (SSSR count). The molecule has 2 aromatic heterocycles. The van der Waals surface area contributed by atoms with Crippen LogP contribution in [0.25, 0.3) is 27.4 Å². The van der Waals surface area contributed by atoms with Crippen LogP contribution >= 0.6 is 0 Å². The molecule has 0 bridgehead atoms. The van der Waals surface area contributed by atoms with Crippen LogP contribution in [-0.2, 0) is 19.4 Å². The van der Waals surface area contributed by atoms with Crippen LogP contribution in [0.5, 0.6) is 0 Å². The summed E-state index contributed by atoms with van der Waals surface area (Å²) in [4.78, 5) is 4.49. The van der Waals surface area contributed by atoms with Crippen molar-refractivity contribution in [2.45, 2.75) is 38.5 Å². The van der Waals surface area contributed by atoms with Crippen molar-refractivity contribution in [1.29, 1.82) is 5.41 Å². The highest BCUT2D eigenvalue weighted by atomic mass is 19.4. The Hall–Kier alpha value is -2.94. The highest BCUT2D eigenvalue weighted by Gasteiger charge is 2.35. The van der Waals surface area contributed by atoms with Gasteiger partial charge in [-0.3, -0.25) is 5.10 Å². The predicted molar refractivity (Wildman–Crippen MR) is 99.9 cm³/mol. The first-order valence-corrected chi connectivity index (χ1v) is 8.86. The number of alkyl halides is 3. The summed E-state index contributed by atoms with van der Waals surface area (Å²) < 4.78 is 39.7. The molecule has 0 radical (unpaired) electrons. The van der Waals surface area contributed by atoms with Gasteiger partial charge in [0.1, 0.15) is 5.70 Å². The Morgan fingerprint density at radius 1 is 1.18 bits per heavy atom. The van der Waals surface area contributed by atoms with E-state index in [-0.39, 0.29) is 12.3 Å². The van der Waals surface area contributed by atoms with E-state index in [0.717, 1.165) is 29.2 Å². The summed E-state index contributed by atoms with van der Waals surface area (Å²) in [6.07, 6.45) is -1.18. The minimum Gasteiger partial charge on any atom is -0.394 e. The molecule has 0 atom stereocenters. The number of pyridine rings is 1. The number of halogens is 3. The van der Waals surface area contributed by atoms with Crippen LogP contribution in [0.2, 0.25) is 0 Å². The Morgan fingerprint density at radius 2 is 1.86 bits per heavy atom. The van der Waals surface area contributed by atoms with E-state index in [1.807, 2.05) is 0 Å². The van der Waals surface area contributed by atoms with Gasteiger partial charge >= 0.3 is 6.18 Å². The average molecular weight is 389 g/mol. The Morgan fingerprint density at radius 3 is 2.50 bits per heavy atom. The second-order valence-corrected chi connectivity index (χ2v) is 6.81. The minimum absolute atomic E-state index is 0.111. The maximum Gasteiger partial charge on any atom is 0.431 e. The minimum atomic E-state index is -4.75. The molecule has 0 saturated heterocycles. The SMILES string of the molecule is N=CC(=C(N)C(F)(F)F)c1nc2ccc3n[nH]c(CO)c3c2c2c1CCCC2. The number of nitrogens with one attached hydrogen (secondary N) is 2. The van der Waals surface area contributed by atoms with E-state index in [2.05, 4.69) is 15.2 Å². The van der Waals surface area contributed by atoms with Crippen molar-refractivity contribution in [3.63, 3.8) is 0 Å². The summed E-state index contributed by atoms with van der Waals surface area (Å²) in [6.45, 7) is -0.237. The van der Waals surface area contributed by atoms with Gasteiger partial charge in [-0.1, -0.05) is 0 Å². The number of rotatable bonds is 3. The van der Waals surface area contributed by atoms with Gasteiger partial charge < -0.3 is 16.2 Å². The summed E-state index contributed by atoms with van der Waals surface area (Å²) in [7, 11) is 0. The van der Waals surface area contributed by atoms with Gasteiger partial charge in [-0.15, -0.1) is 0 Å². The van der Waals surface area contributed by atoms with Crippen molar-refractivity contribution in [2.24, 2.45) is 5.73 Å². The van der Waals surface area contributed by atoms with Crippen molar-refractivity contribution in [1.82, 2.24) is 15.2 Å². The fraction of sp³-hybridized carbons (Fsp3) is 0.316. The van der Waals surface area contributed by atoms with E-state index >= 15 is 0 Å². The van der Waals surface area contributed by atoms with Crippen LogP contribution in [-0.4, -0.2) is 32.7 Å². The van der Waals surface area contributed by atoms with Crippen LogP contribution < -0.4 is 5.73 Å². The third kappa shape index (κ3) is 2.73. The van der Waals surface area contributed by atoms with Gasteiger partial charge in [0.05, 0.1) is 29.0 Å². The monoisotopic (exact) mass is 389 g/mol. The number of aromatic amines is 1. The first-order chi connectivity index (χ1) is 13.4. The van der Waals surface area contributed by atoms with Crippen molar-refractivity contribution in [3.05, 3.63) is 40.3 Å². The average Bonchev–Trinajstić information content (AvgIpc) is 3.10. The van der Waals surface area contributed by atoms with Crippen molar-refractivity contribution >= 4 is 33.6 Å². The lowest BCUT2D eigenvalue weighted by atomic mass is 9.85. The van der Waals surface area contributed by atoms with E-state index < -0.39 is 17.4 Å². The molecule has 1 aromatic carbocycles. The van der Waals surface area contributed by atoms with E-state index in [4.69, 9.17) is 11.1 Å². The smallest absolute Gasteiger partial charge is 0.394 e. The highest BCUT2D eigenvalue weighted by molar-refractivity contribution is 6.13. The maximum atomic E-state index is 13.2. The number of aliphatic hydroxyl groups is 1. The largest absolute Gasteiger partial charge is 0.431 e. The number of fused-ring (bicyclic) bond motifs is 5. The summed E-state index contributed by atoms with van der Waals surface area (Å²) in [5.74, 6) is 0. The number of hydrogen-bond acceptors (Lipinski definition) is 5. The second-order valence-electron chi connectivity index (χ2n) is 6.81. The lowest BCUT2D eigenvalue weighted by Gasteiger charge is -2.23. The number of nitrogens with two attached hydrogens (primary N) is 1. The molecule has 9 heteroatoms. The number of nitrogens with zero attached hydrogens (tertiary/aromatic N) is 2. The molecule has 28 heavy (non-hydrogen) atoms. The molecule has 1 aliphatic carbocycles. The number of aliphatic hydroxyl groups excluding tert-OH is 1. The third-order valence-electron chi connectivity index (χ3n) is 5.22.